The van der Waals surface area contributed by atoms with E-state index in [9.17, 15) is 9.90 Å². The van der Waals surface area contributed by atoms with Crippen LogP contribution in [-0.4, -0.2) is 53.5 Å². The van der Waals surface area contributed by atoms with Crippen molar-refractivity contribution in [2.75, 3.05) is 32.2 Å². The maximum atomic E-state index is 11.5. The van der Waals surface area contributed by atoms with Gasteiger partial charge in [-0.25, -0.2) is 14.8 Å². The Kier molecular flexibility index (Phi) is 4.51. The van der Waals surface area contributed by atoms with Gasteiger partial charge in [0.25, 0.3) is 0 Å². The minimum Gasteiger partial charge on any atom is -0.463 e. The Bertz CT molecular complexity index is 487. The molecule has 0 aliphatic carbocycles. The van der Waals surface area contributed by atoms with Crippen molar-refractivity contribution in [2.45, 2.75) is 25.3 Å². The number of aryl methyl sites for hydroxylation is 1. The third-order valence-electron chi connectivity index (χ3n) is 3.37. The van der Waals surface area contributed by atoms with Gasteiger partial charge in [-0.15, -0.1) is 0 Å². The highest BCUT2D eigenvalue weighted by molar-refractivity contribution is 5.85. The zero-order valence-corrected chi connectivity index (χ0v) is 11.7. The van der Waals surface area contributed by atoms with Crippen molar-refractivity contribution >= 4 is 11.8 Å². The lowest BCUT2D eigenvalue weighted by molar-refractivity contribution is 0.0378. The van der Waals surface area contributed by atoms with Crippen molar-refractivity contribution in [2.24, 2.45) is 0 Å². The molecule has 0 bridgehead atoms. The summed E-state index contributed by atoms with van der Waals surface area (Å²) >= 11 is 0. The average molecular weight is 281 g/mol. The molecular weight excluding hydrogens is 262 g/mol. The lowest BCUT2D eigenvalue weighted by Crippen LogP contribution is -2.47. The molecule has 1 aromatic rings. The molecule has 0 atom stereocenters. The Balaban J connectivity index is 2.23. The second kappa shape index (κ2) is 6.15. The Morgan fingerprint density at radius 2 is 2.20 bits per heavy atom. The van der Waals surface area contributed by atoms with Crippen LogP contribution in [0.15, 0.2) is 6.07 Å². The smallest absolute Gasteiger partial charge is 0.376 e. The zero-order chi connectivity index (χ0) is 14.6. The van der Waals surface area contributed by atoms with Crippen molar-refractivity contribution in [1.82, 2.24) is 9.97 Å². The minimum absolute atomic E-state index is 0.00940. The SMILES string of the molecule is COC(=O)c1nc(C)cc(NC2(CO)CCOCC2)n1. The molecule has 1 aliphatic heterocycles. The lowest BCUT2D eigenvalue weighted by atomic mass is 9.91. The largest absolute Gasteiger partial charge is 0.463 e. The van der Waals surface area contributed by atoms with Gasteiger partial charge in [-0.3, -0.25) is 0 Å². The molecule has 2 rings (SSSR count). The summed E-state index contributed by atoms with van der Waals surface area (Å²) in [6.45, 7) is 2.92. The molecule has 110 valence electrons. The molecule has 0 aromatic carbocycles. The maximum absolute atomic E-state index is 11.5. The summed E-state index contributed by atoms with van der Waals surface area (Å²) < 4.78 is 9.94. The van der Waals surface area contributed by atoms with Crippen LogP contribution in [0.4, 0.5) is 5.82 Å². The Morgan fingerprint density at radius 3 is 2.80 bits per heavy atom. The molecule has 0 saturated carbocycles. The third kappa shape index (κ3) is 3.23. The van der Waals surface area contributed by atoms with E-state index in [0.717, 1.165) is 0 Å². The van der Waals surface area contributed by atoms with Crippen LogP contribution in [0.1, 0.15) is 29.2 Å². The Hall–Kier alpha value is -1.73. The molecule has 1 aromatic heterocycles. The number of esters is 1. The number of aliphatic hydroxyl groups is 1. The first-order valence-corrected chi connectivity index (χ1v) is 6.49. The first kappa shape index (κ1) is 14.7. The number of hydrogen-bond donors (Lipinski definition) is 2. The van der Waals surface area contributed by atoms with Crippen LogP contribution >= 0.6 is 0 Å². The molecule has 2 N–H and O–H groups in total. The van der Waals surface area contributed by atoms with E-state index in [1.807, 2.05) is 0 Å². The van der Waals surface area contributed by atoms with Crippen molar-refractivity contribution in [3.05, 3.63) is 17.6 Å². The fourth-order valence-electron chi connectivity index (χ4n) is 2.17. The third-order valence-corrected chi connectivity index (χ3v) is 3.37. The summed E-state index contributed by atoms with van der Waals surface area (Å²) in [5, 5.41) is 12.9. The highest BCUT2D eigenvalue weighted by Gasteiger charge is 2.32. The van der Waals surface area contributed by atoms with Crippen molar-refractivity contribution in [3.63, 3.8) is 0 Å². The molecule has 0 radical (unpaired) electrons. The van der Waals surface area contributed by atoms with Gasteiger partial charge in [-0.1, -0.05) is 0 Å². The van der Waals surface area contributed by atoms with Gasteiger partial charge >= 0.3 is 5.97 Å². The number of rotatable bonds is 4. The number of aromatic nitrogens is 2. The van der Waals surface area contributed by atoms with E-state index < -0.39 is 11.5 Å². The van der Waals surface area contributed by atoms with Gasteiger partial charge in [-0.05, 0) is 19.8 Å². The second-order valence-corrected chi connectivity index (χ2v) is 4.89. The minimum atomic E-state index is -0.582. The molecule has 0 amide bonds. The molecule has 1 aliphatic rings. The van der Waals surface area contributed by atoms with Crippen LogP contribution in [0, 0.1) is 6.92 Å². The monoisotopic (exact) mass is 281 g/mol. The second-order valence-electron chi connectivity index (χ2n) is 4.89. The summed E-state index contributed by atoms with van der Waals surface area (Å²) in [5.41, 5.74) is 0.190. The predicted octanol–water partition coefficient (Wildman–Crippen LogP) is 0.525. The molecule has 0 unspecified atom stereocenters. The molecular formula is C13H19N3O4. The first-order chi connectivity index (χ1) is 9.58. The number of carbonyl (C=O) groups is 1. The highest BCUT2D eigenvalue weighted by atomic mass is 16.5. The number of hydrogen-bond acceptors (Lipinski definition) is 7. The van der Waals surface area contributed by atoms with Crippen LogP contribution < -0.4 is 5.32 Å². The Labute approximate surface area is 117 Å². The van der Waals surface area contributed by atoms with Crippen molar-refractivity contribution in [3.8, 4) is 0 Å². The standard InChI is InChI=1S/C13H19N3O4/c1-9-7-10(15-11(14-9)12(18)19-2)16-13(8-17)3-5-20-6-4-13/h7,17H,3-6,8H2,1-2H3,(H,14,15,16). The van der Waals surface area contributed by atoms with Gasteiger partial charge in [-0.2, -0.15) is 0 Å². The van der Waals surface area contributed by atoms with Gasteiger partial charge in [0.15, 0.2) is 0 Å². The first-order valence-electron chi connectivity index (χ1n) is 6.49. The lowest BCUT2D eigenvalue weighted by Gasteiger charge is -2.36. The van der Waals surface area contributed by atoms with Gasteiger partial charge in [0.1, 0.15) is 5.82 Å². The average Bonchev–Trinajstić information content (AvgIpc) is 2.46. The quantitative estimate of drug-likeness (QED) is 0.777. The number of nitrogens with zero attached hydrogens (tertiary/aromatic N) is 2. The Morgan fingerprint density at radius 1 is 1.50 bits per heavy atom. The molecule has 1 fully saturated rings. The zero-order valence-electron chi connectivity index (χ0n) is 11.7. The van der Waals surface area contributed by atoms with Crippen LogP contribution in [0.5, 0.6) is 0 Å². The number of anilines is 1. The number of nitrogens with one attached hydrogen (secondary N) is 1. The molecule has 1 saturated heterocycles. The number of carbonyl (C=O) groups excluding carboxylic acids is 1. The van der Waals surface area contributed by atoms with E-state index in [2.05, 4.69) is 20.0 Å². The number of methoxy groups -OCH3 is 1. The summed E-state index contributed by atoms with van der Waals surface area (Å²) in [6.07, 6.45) is 1.36. The van der Waals surface area contributed by atoms with E-state index in [1.54, 1.807) is 13.0 Å². The molecule has 20 heavy (non-hydrogen) atoms. The summed E-state index contributed by atoms with van der Waals surface area (Å²) in [4.78, 5) is 19.7. The maximum Gasteiger partial charge on any atom is 0.376 e. The molecule has 7 nitrogen and oxygen atoms in total. The fourth-order valence-corrected chi connectivity index (χ4v) is 2.17. The summed E-state index contributed by atoms with van der Waals surface area (Å²) in [6, 6.07) is 1.74. The van der Waals surface area contributed by atoms with Gasteiger partial charge in [0.2, 0.25) is 5.82 Å². The summed E-state index contributed by atoms with van der Waals surface area (Å²) in [7, 11) is 1.29. The van der Waals surface area contributed by atoms with E-state index in [0.29, 0.717) is 37.6 Å². The molecule has 0 spiro atoms. The van der Waals surface area contributed by atoms with Crippen LogP contribution in [0.25, 0.3) is 0 Å². The normalized spacial score (nSPS) is 17.6. The van der Waals surface area contributed by atoms with E-state index in [-0.39, 0.29) is 12.4 Å². The van der Waals surface area contributed by atoms with E-state index in [4.69, 9.17) is 4.74 Å². The number of ether oxygens (including phenoxy) is 2. The van der Waals surface area contributed by atoms with Crippen LogP contribution in [-0.2, 0) is 9.47 Å². The van der Waals surface area contributed by atoms with E-state index in [1.165, 1.54) is 7.11 Å². The predicted molar refractivity (Wildman–Crippen MR) is 71.6 cm³/mol. The number of aliphatic hydroxyl groups excluding tert-OH is 1. The topological polar surface area (TPSA) is 93.6 Å². The van der Waals surface area contributed by atoms with Crippen molar-refractivity contribution < 1.29 is 19.4 Å². The summed E-state index contributed by atoms with van der Waals surface area (Å²) in [5.74, 6) is -0.0641. The van der Waals surface area contributed by atoms with Crippen LogP contribution in [0.3, 0.4) is 0 Å². The van der Waals surface area contributed by atoms with Gasteiger partial charge in [0, 0.05) is 25.0 Å². The van der Waals surface area contributed by atoms with E-state index >= 15 is 0 Å². The van der Waals surface area contributed by atoms with Gasteiger partial charge < -0.3 is 19.9 Å². The van der Waals surface area contributed by atoms with Crippen LogP contribution in [0.2, 0.25) is 0 Å². The fraction of sp³-hybridized carbons (Fsp3) is 0.615. The highest BCUT2D eigenvalue weighted by Crippen LogP contribution is 2.25. The van der Waals surface area contributed by atoms with Gasteiger partial charge in [0.05, 0.1) is 19.3 Å². The molecule has 2 heterocycles. The molecule has 7 heteroatoms. The van der Waals surface area contributed by atoms with Crippen molar-refractivity contribution in [1.29, 1.82) is 0 Å².